The molecule has 0 spiro atoms. The van der Waals surface area contributed by atoms with Crippen LogP contribution in [0.3, 0.4) is 0 Å². The van der Waals surface area contributed by atoms with Gasteiger partial charge in [-0.05, 0) is 30.5 Å². The van der Waals surface area contributed by atoms with Gasteiger partial charge in [0.2, 0.25) is 0 Å². The van der Waals surface area contributed by atoms with E-state index in [0.717, 1.165) is 41.3 Å². The molecule has 1 fully saturated rings. The van der Waals surface area contributed by atoms with Crippen LogP contribution < -0.4 is 4.90 Å². The molecule has 112 valence electrons. The Hall–Kier alpha value is -2.07. The molecule has 1 aliphatic rings. The SMILES string of the molecule is CC1CCN(c2cc(-c3nc4ccccc4[nH]3)c(Cl)cn2)C1. The van der Waals surface area contributed by atoms with Gasteiger partial charge in [-0.15, -0.1) is 0 Å². The number of para-hydroxylation sites is 2. The monoisotopic (exact) mass is 312 g/mol. The molecule has 0 aliphatic carbocycles. The van der Waals surface area contributed by atoms with E-state index in [-0.39, 0.29) is 0 Å². The van der Waals surface area contributed by atoms with E-state index in [4.69, 9.17) is 11.6 Å². The second-order valence-corrected chi connectivity index (χ2v) is 6.37. The molecule has 22 heavy (non-hydrogen) atoms. The predicted octanol–water partition coefficient (Wildman–Crippen LogP) is 4.12. The molecule has 0 amide bonds. The second kappa shape index (κ2) is 5.29. The quantitative estimate of drug-likeness (QED) is 0.774. The van der Waals surface area contributed by atoms with E-state index in [1.54, 1.807) is 6.20 Å². The molecule has 4 rings (SSSR count). The van der Waals surface area contributed by atoms with Crippen molar-refractivity contribution >= 4 is 28.5 Å². The zero-order chi connectivity index (χ0) is 15.1. The molecule has 4 nitrogen and oxygen atoms in total. The van der Waals surface area contributed by atoms with Gasteiger partial charge in [-0.1, -0.05) is 30.7 Å². The number of hydrogen-bond acceptors (Lipinski definition) is 3. The topological polar surface area (TPSA) is 44.8 Å². The zero-order valence-corrected chi connectivity index (χ0v) is 13.1. The molecule has 1 unspecified atom stereocenters. The van der Waals surface area contributed by atoms with Crippen molar-refractivity contribution < 1.29 is 0 Å². The third-order valence-corrected chi connectivity index (χ3v) is 4.53. The Morgan fingerprint density at radius 1 is 1.32 bits per heavy atom. The molecule has 1 aromatic carbocycles. The van der Waals surface area contributed by atoms with Crippen LogP contribution in [0.2, 0.25) is 5.02 Å². The molecule has 3 heterocycles. The smallest absolute Gasteiger partial charge is 0.140 e. The van der Waals surface area contributed by atoms with E-state index in [1.165, 1.54) is 6.42 Å². The highest BCUT2D eigenvalue weighted by molar-refractivity contribution is 6.33. The van der Waals surface area contributed by atoms with Crippen LogP contribution in [0.25, 0.3) is 22.4 Å². The van der Waals surface area contributed by atoms with Gasteiger partial charge < -0.3 is 9.88 Å². The summed E-state index contributed by atoms with van der Waals surface area (Å²) in [4.78, 5) is 14.8. The first-order valence-electron chi connectivity index (χ1n) is 7.56. The predicted molar refractivity (Wildman–Crippen MR) is 90.3 cm³/mol. The summed E-state index contributed by atoms with van der Waals surface area (Å²) in [5.41, 5.74) is 2.87. The van der Waals surface area contributed by atoms with Crippen molar-refractivity contribution in [2.75, 3.05) is 18.0 Å². The second-order valence-electron chi connectivity index (χ2n) is 5.96. The summed E-state index contributed by atoms with van der Waals surface area (Å²) in [6.07, 6.45) is 2.94. The molecule has 3 aromatic rings. The first kappa shape index (κ1) is 13.6. The number of anilines is 1. The first-order chi connectivity index (χ1) is 10.7. The summed E-state index contributed by atoms with van der Waals surface area (Å²) in [7, 11) is 0. The van der Waals surface area contributed by atoms with Crippen LogP contribution in [0.5, 0.6) is 0 Å². The maximum Gasteiger partial charge on any atom is 0.140 e. The maximum atomic E-state index is 6.35. The van der Waals surface area contributed by atoms with Crippen molar-refractivity contribution in [2.24, 2.45) is 5.92 Å². The summed E-state index contributed by atoms with van der Waals surface area (Å²) >= 11 is 6.35. The third-order valence-electron chi connectivity index (χ3n) is 4.23. The minimum absolute atomic E-state index is 0.620. The van der Waals surface area contributed by atoms with Crippen molar-refractivity contribution in [3.8, 4) is 11.4 Å². The van der Waals surface area contributed by atoms with E-state index in [2.05, 4.69) is 26.8 Å². The van der Waals surface area contributed by atoms with Crippen LogP contribution in [0, 0.1) is 5.92 Å². The van der Waals surface area contributed by atoms with Crippen LogP contribution in [0.4, 0.5) is 5.82 Å². The molecule has 1 N–H and O–H groups in total. The summed E-state index contributed by atoms with van der Waals surface area (Å²) in [6, 6.07) is 10.0. The number of H-pyrrole nitrogens is 1. The van der Waals surface area contributed by atoms with Crippen LogP contribution in [0.1, 0.15) is 13.3 Å². The van der Waals surface area contributed by atoms with Crippen molar-refractivity contribution in [3.63, 3.8) is 0 Å². The number of nitrogens with zero attached hydrogens (tertiary/aromatic N) is 3. The summed E-state index contributed by atoms with van der Waals surface area (Å²) in [6.45, 7) is 4.37. The molecule has 1 saturated heterocycles. The van der Waals surface area contributed by atoms with Crippen LogP contribution in [-0.2, 0) is 0 Å². The van der Waals surface area contributed by atoms with Gasteiger partial charge in [-0.2, -0.15) is 0 Å². The standard InChI is InChI=1S/C17H17ClN4/c1-11-6-7-22(10-11)16-8-12(13(18)9-19-16)17-20-14-4-2-3-5-15(14)21-17/h2-5,8-9,11H,6-7,10H2,1H3,(H,20,21). The Morgan fingerprint density at radius 3 is 2.95 bits per heavy atom. The number of hydrogen-bond donors (Lipinski definition) is 1. The number of rotatable bonds is 2. The van der Waals surface area contributed by atoms with E-state index in [9.17, 15) is 0 Å². The molecular formula is C17H17ClN4. The van der Waals surface area contributed by atoms with Gasteiger partial charge in [0, 0.05) is 24.8 Å². The minimum atomic E-state index is 0.620. The van der Waals surface area contributed by atoms with Crippen LogP contribution in [0.15, 0.2) is 36.5 Å². The highest BCUT2D eigenvalue weighted by Gasteiger charge is 2.21. The summed E-state index contributed by atoms with van der Waals surface area (Å²) < 4.78 is 0. The van der Waals surface area contributed by atoms with Gasteiger partial charge in [0.15, 0.2) is 0 Å². The Balaban J connectivity index is 1.77. The number of nitrogens with one attached hydrogen (secondary N) is 1. The number of halogens is 1. The van der Waals surface area contributed by atoms with E-state index >= 15 is 0 Å². The molecule has 1 aliphatic heterocycles. The number of pyridine rings is 1. The number of fused-ring (bicyclic) bond motifs is 1. The fourth-order valence-electron chi connectivity index (χ4n) is 3.01. The van der Waals surface area contributed by atoms with Crippen molar-refractivity contribution in [1.29, 1.82) is 0 Å². The number of imidazole rings is 1. The molecular weight excluding hydrogens is 296 g/mol. The number of aromatic amines is 1. The average Bonchev–Trinajstić information content (AvgIpc) is 3.13. The molecule has 1 atom stereocenters. The summed E-state index contributed by atoms with van der Waals surface area (Å²) in [5, 5.41) is 0.620. The van der Waals surface area contributed by atoms with Gasteiger partial charge in [0.05, 0.1) is 16.1 Å². The lowest BCUT2D eigenvalue weighted by Crippen LogP contribution is -2.20. The first-order valence-corrected chi connectivity index (χ1v) is 7.94. The van der Waals surface area contributed by atoms with Crippen molar-refractivity contribution in [1.82, 2.24) is 15.0 Å². The Bertz CT molecular complexity index is 793. The maximum absolute atomic E-state index is 6.35. The molecule has 0 saturated carbocycles. The lowest BCUT2D eigenvalue weighted by atomic mass is 10.2. The minimum Gasteiger partial charge on any atom is -0.356 e. The number of benzene rings is 1. The Morgan fingerprint density at radius 2 is 2.18 bits per heavy atom. The van der Waals surface area contributed by atoms with Gasteiger partial charge >= 0.3 is 0 Å². The molecule has 2 aromatic heterocycles. The van der Waals surface area contributed by atoms with Crippen molar-refractivity contribution in [2.45, 2.75) is 13.3 Å². The highest BCUT2D eigenvalue weighted by atomic mass is 35.5. The Labute approximate surface area is 134 Å². The third kappa shape index (κ3) is 2.33. The number of aromatic nitrogens is 3. The molecule has 5 heteroatoms. The van der Waals surface area contributed by atoms with E-state index in [1.807, 2.05) is 30.3 Å². The molecule has 0 radical (unpaired) electrons. The van der Waals surface area contributed by atoms with Crippen molar-refractivity contribution in [3.05, 3.63) is 41.6 Å². The van der Waals surface area contributed by atoms with Gasteiger partial charge in [-0.25, -0.2) is 9.97 Å². The lowest BCUT2D eigenvalue weighted by Gasteiger charge is -2.17. The lowest BCUT2D eigenvalue weighted by molar-refractivity contribution is 0.659. The normalized spacial score (nSPS) is 18.3. The zero-order valence-electron chi connectivity index (χ0n) is 12.4. The Kier molecular flexibility index (Phi) is 3.26. The highest BCUT2D eigenvalue weighted by Crippen LogP contribution is 2.31. The largest absolute Gasteiger partial charge is 0.356 e. The van der Waals surface area contributed by atoms with Gasteiger partial charge in [0.1, 0.15) is 11.6 Å². The fourth-order valence-corrected chi connectivity index (χ4v) is 3.20. The van der Waals surface area contributed by atoms with Gasteiger partial charge in [-0.3, -0.25) is 0 Å². The van der Waals surface area contributed by atoms with E-state index < -0.39 is 0 Å². The van der Waals surface area contributed by atoms with E-state index in [0.29, 0.717) is 10.9 Å². The summed E-state index contributed by atoms with van der Waals surface area (Å²) in [5.74, 6) is 2.48. The fraction of sp³-hybridized carbons (Fsp3) is 0.294. The van der Waals surface area contributed by atoms with Crippen LogP contribution >= 0.6 is 11.6 Å². The van der Waals surface area contributed by atoms with Crippen LogP contribution in [-0.4, -0.2) is 28.0 Å². The average molecular weight is 313 g/mol. The van der Waals surface area contributed by atoms with Gasteiger partial charge in [0.25, 0.3) is 0 Å². The molecule has 0 bridgehead atoms.